The summed E-state index contributed by atoms with van der Waals surface area (Å²) in [5.74, 6) is 0. The maximum absolute atomic E-state index is 9.16. The van der Waals surface area contributed by atoms with Crippen LogP contribution in [0.3, 0.4) is 0 Å². The second kappa shape index (κ2) is 7.47. The van der Waals surface area contributed by atoms with Crippen LogP contribution in [0.5, 0.6) is 0 Å². The molecular formula is C23H20ClN5. The van der Waals surface area contributed by atoms with Gasteiger partial charge in [0.05, 0.1) is 11.7 Å². The Morgan fingerprint density at radius 1 is 1.00 bits per heavy atom. The zero-order valence-electron chi connectivity index (χ0n) is 16.0. The van der Waals surface area contributed by atoms with Crippen molar-refractivity contribution in [2.75, 3.05) is 13.1 Å². The van der Waals surface area contributed by atoms with Crippen molar-refractivity contribution in [2.45, 2.75) is 25.8 Å². The van der Waals surface area contributed by atoms with Crippen molar-refractivity contribution < 1.29 is 0 Å². The first-order valence-corrected chi connectivity index (χ1v) is 10.3. The Hall–Kier alpha value is -2.94. The summed E-state index contributed by atoms with van der Waals surface area (Å²) in [7, 11) is 0. The number of pyridine rings is 2. The van der Waals surface area contributed by atoms with Crippen LogP contribution in [0.15, 0.2) is 42.7 Å². The lowest BCUT2D eigenvalue weighted by Crippen LogP contribution is -2.29. The van der Waals surface area contributed by atoms with E-state index in [9.17, 15) is 0 Å². The van der Waals surface area contributed by atoms with Gasteiger partial charge in [-0.3, -0.25) is 4.90 Å². The number of aromatic nitrogens is 3. The zero-order valence-corrected chi connectivity index (χ0v) is 16.7. The number of nitrogens with zero attached hydrogens (tertiary/aromatic N) is 4. The monoisotopic (exact) mass is 401 g/mol. The molecular weight excluding hydrogens is 382 g/mol. The van der Waals surface area contributed by atoms with E-state index in [1.165, 1.54) is 24.8 Å². The largest absolute Gasteiger partial charge is 0.338 e. The highest BCUT2D eigenvalue weighted by molar-refractivity contribution is 6.31. The zero-order chi connectivity index (χ0) is 19.8. The molecule has 1 aliphatic rings. The lowest BCUT2D eigenvalue weighted by molar-refractivity contribution is 0.221. The number of nitrogens with one attached hydrogen (secondary N) is 1. The van der Waals surface area contributed by atoms with Crippen molar-refractivity contribution in [3.05, 3.63) is 59.0 Å². The smallest absolute Gasteiger partial charge is 0.141 e. The molecule has 0 bridgehead atoms. The van der Waals surface area contributed by atoms with Gasteiger partial charge in [0.25, 0.3) is 0 Å². The molecule has 4 aromatic rings. The summed E-state index contributed by atoms with van der Waals surface area (Å²) in [6, 6.07) is 12.3. The Bertz CT molecular complexity index is 1250. The van der Waals surface area contributed by atoms with Crippen LogP contribution in [-0.4, -0.2) is 32.9 Å². The summed E-state index contributed by atoms with van der Waals surface area (Å²) in [5, 5.41) is 11.9. The van der Waals surface area contributed by atoms with Gasteiger partial charge in [0.15, 0.2) is 0 Å². The number of fused-ring (bicyclic) bond motifs is 3. The predicted molar refractivity (Wildman–Crippen MR) is 116 cm³/mol. The van der Waals surface area contributed by atoms with E-state index < -0.39 is 0 Å². The number of aromatic amines is 1. The number of hydrogen-bond donors (Lipinski definition) is 1. The Morgan fingerprint density at radius 3 is 2.66 bits per heavy atom. The van der Waals surface area contributed by atoms with Crippen LogP contribution in [0.4, 0.5) is 0 Å². The number of likely N-dealkylation sites (tertiary alicyclic amines) is 1. The molecule has 0 radical (unpaired) electrons. The van der Waals surface area contributed by atoms with E-state index in [2.05, 4.69) is 44.1 Å². The molecule has 1 saturated heterocycles. The summed E-state index contributed by atoms with van der Waals surface area (Å²) in [6.07, 6.45) is 7.41. The quantitative estimate of drug-likeness (QED) is 0.506. The van der Waals surface area contributed by atoms with Crippen LogP contribution in [-0.2, 0) is 6.54 Å². The highest BCUT2D eigenvalue weighted by Gasteiger charge is 2.14. The summed E-state index contributed by atoms with van der Waals surface area (Å²) in [4.78, 5) is 14.4. The highest BCUT2D eigenvalue weighted by atomic mass is 35.5. The van der Waals surface area contributed by atoms with Gasteiger partial charge in [0.2, 0.25) is 0 Å². The summed E-state index contributed by atoms with van der Waals surface area (Å²) in [6.45, 7) is 3.21. The number of piperidine rings is 1. The Labute approximate surface area is 174 Å². The fraction of sp³-hybridized carbons (Fsp3) is 0.261. The molecule has 144 valence electrons. The van der Waals surface area contributed by atoms with E-state index in [0.717, 1.165) is 57.7 Å². The van der Waals surface area contributed by atoms with E-state index in [1.54, 1.807) is 12.3 Å². The van der Waals surface area contributed by atoms with Gasteiger partial charge in [-0.15, -0.1) is 0 Å². The number of hydrogen-bond acceptors (Lipinski definition) is 4. The van der Waals surface area contributed by atoms with E-state index in [-0.39, 0.29) is 0 Å². The lowest BCUT2D eigenvalue weighted by Gasteiger charge is -2.26. The van der Waals surface area contributed by atoms with Gasteiger partial charge in [-0.2, -0.15) is 5.26 Å². The van der Waals surface area contributed by atoms with Gasteiger partial charge >= 0.3 is 0 Å². The third kappa shape index (κ3) is 3.46. The molecule has 0 atom stereocenters. The minimum Gasteiger partial charge on any atom is -0.338 e. The van der Waals surface area contributed by atoms with Crippen molar-refractivity contribution in [3.8, 4) is 17.2 Å². The molecule has 1 aromatic carbocycles. The van der Waals surface area contributed by atoms with Crippen LogP contribution >= 0.6 is 11.6 Å². The molecule has 1 N–H and O–H groups in total. The van der Waals surface area contributed by atoms with E-state index >= 15 is 0 Å². The van der Waals surface area contributed by atoms with E-state index in [0.29, 0.717) is 5.69 Å². The van der Waals surface area contributed by atoms with Crippen LogP contribution in [0.2, 0.25) is 5.02 Å². The van der Waals surface area contributed by atoms with Gasteiger partial charge in [-0.1, -0.05) is 30.2 Å². The van der Waals surface area contributed by atoms with Gasteiger partial charge in [-0.25, -0.2) is 9.97 Å². The topological polar surface area (TPSA) is 68.6 Å². The third-order valence-electron chi connectivity index (χ3n) is 5.68. The Kier molecular flexibility index (Phi) is 4.67. The number of halogens is 1. The van der Waals surface area contributed by atoms with Crippen LogP contribution in [0.25, 0.3) is 33.1 Å². The van der Waals surface area contributed by atoms with Crippen molar-refractivity contribution in [1.29, 1.82) is 5.26 Å². The maximum Gasteiger partial charge on any atom is 0.141 e. The normalized spacial score (nSPS) is 15.0. The molecule has 5 rings (SSSR count). The molecule has 1 fully saturated rings. The van der Waals surface area contributed by atoms with Gasteiger partial charge in [-0.05, 0) is 55.3 Å². The standard InChI is InChI=1S/C23H20ClN5/c24-21-9-15(4-5-16(21)14-29-6-2-1-3-7-29)17-8-20-19-10-18(11-25)26-13-22(19)28-23(20)27-12-17/h4-5,8-10,12-13H,1-3,6-7,14H2,(H,27,28). The van der Waals surface area contributed by atoms with Gasteiger partial charge in [0.1, 0.15) is 17.4 Å². The van der Waals surface area contributed by atoms with Crippen LogP contribution in [0, 0.1) is 11.3 Å². The summed E-state index contributed by atoms with van der Waals surface area (Å²) in [5.41, 5.74) is 5.26. The first-order chi connectivity index (χ1) is 14.2. The molecule has 4 heterocycles. The van der Waals surface area contributed by atoms with Crippen LogP contribution in [0.1, 0.15) is 30.5 Å². The first-order valence-electron chi connectivity index (χ1n) is 9.90. The Morgan fingerprint density at radius 2 is 1.86 bits per heavy atom. The maximum atomic E-state index is 9.16. The number of nitriles is 1. The fourth-order valence-electron chi connectivity index (χ4n) is 4.11. The molecule has 5 nitrogen and oxygen atoms in total. The van der Waals surface area contributed by atoms with E-state index in [4.69, 9.17) is 16.9 Å². The number of benzene rings is 1. The van der Waals surface area contributed by atoms with Crippen molar-refractivity contribution in [3.63, 3.8) is 0 Å². The van der Waals surface area contributed by atoms with E-state index in [1.807, 2.05) is 12.3 Å². The van der Waals surface area contributed by atoms with Crippen LogP contribution < -0.4 is 0 Å². The first kappa shape index (κ1) is 18.1. The minimum atomic E-state index is 0.397. The second-order valence-corrected chi connectivity index (χ2v) is 8.02. The van der Waals surface area contributed by atoms with Crippen molar-refractivity contribution >= 4 is 33.5 Å². The molecule has 3 aromatic heterocycles. The predicted octanol–water partition coefficient (Wildman–Crippen LogP) is 5.29. The minimum absolute atomic E-state index is 0.397. The van der Waals surface area contributed by atoms with Gasteiger partial charge < -0.3 is 4.98 Å². The molecule has 0 saturated carbocycles. The van der Waals surface area contributed by atoms with Gasteiger partial charge in [0, 0.05) is 34.1 Å². The lowest BCUT2D eigenvalue weighted by atomic mass is 10.0. The third-order valence-corrected chi connectivity index (χ3v) is 6.03. The second-order valence-electron chi connectivity index (χ2n) is 7.62. The molecule has 0 unspecified atom stereocenters. The Balaban J connectivity index is 1.50. The molecule has 0 aliphatic carbocycles. The molecule has 1 aliphatic heterocycles. The SMILES string of the molecule is N#Cc1cc2c(cn1)[nH]c1ncc(-c3ccc(CN4CCCCC4)c(Cl)c3)cc12. The average Bonchev–Trinajstić information content (AvgIpc) is 3.13. The number of H-pyrrole nitrogens is 1. The highest BCUT2D eigenvalue weighted by Crippen LogP contribution is 2.31. The molecule has 29 heavy (non-hydrogen) atoms. The summed E-state index contributed by atoms with van der Waals surface area (Å²) < 4.78 is 0. The summed E-state index contributed by atoms with van der Waals surface area (Å²) >= 11 is 6.63. The molecule has 0 spiro atoms. The fourth-order valence-corrected chi connectivity index (χ4v) is 4.35. The molecule has 6 heteroatoms. The number of rotatable bonds is 3. The average molecular weight is 402 g/mol. The molecule has 0 amide bonds. The van der Waals surface area contributed by atoms with Crippen molar-refractivity contribution in [2.24, 2.45) is 0 Å². The van der Waals surface area contributed by atoms with Crippen molar-refractivity contribution in [1.82, 2.24) is 19.9 Å².